The van der Waals surface area contributed by atoms with Crippen molar-refractivity contribution in [2.24, 2.45) is 5.92 Å². The highest BCUT2D eigenvalue weighted by Crippen LogP contribution is 2.21. The van der Waals surface area contributed by atoms with Crippen LogP contribution in [0.5, 0.6) is 0 Å². The average molecular weight is 485 g/mol. The van der Waals surface area contributed by atoms with Crippen LogP contribution in [0.2, 0.25) is 5.02 Å². The largest absolute Gasteiger partial charge is 0.350 e. The number of nitrogens with zero attached hydrogens (tertiary/aromatic N) is 4. The van der Waals surface area contributed by atoms with Crippen LogP contribution in [0, 0.1) is 5.92 Å². The molecule has 11 heteroatoms. The standard InChI is InChI=1S/C22H21ClN6O3S/c23-15-6-8-16(9-7-15)26-19(31)20-27-28-21(33-20)22(32)29-11-3-4-14(13-29)18(30)25-12-17-5-1-2-10-24-17/h1-2,5-10,14H,3-4,11-13H2,(H,25,30)(H,26,31)/t14-/m0/s1. The molecule has 170 valence electrons. The van der Waals surface area contributed by atoms with Crippen molar-refractivity contribution in [1.82, 2.24) is 25.4 Å². The molecule has 1 aromatic carbocycles. The van der Waals surface area contributed by atoms with E-state index in [1.54, 1.807) is 35.4 Å². The first kappa shape index (κ1) is 22.8. The summed E-state index contributed by atoms with van der Waals surface area (Å²) in [7, 11) is 0. The molecule has 3 amide bonds. The predicted molar refractivity (Wildman–Crippen MR) is 124 cm³/mol. The number of anilines is 1. The predicted octanol–water partition coefficient (Wildman–Crippen LogP) is 3.01. The number of nitrogens with one attached hydrogen (secondary N) is 2. The molecule has 2 aromatic heterocycles. The Kier molecular flexibility index (Phi) is 7.26. The van der Waals surface area contributed by atoms with E-state index in [0.29, 0.717) is 43.2 Å². The highest BCUT2D eigenvalue weighted by molar-refractivity contribution is 7.15. The van der Waals surface area contributed by atoms with E-state index < -0.39 is 5.91 Å². The zero-order chi connectivity index (χ0) is 23.2. The first-order valence-corrected chi connectivity index (χ1v) is 11.6. The number of piperidine rings is 1. The van der Waals surface area contributed by atoms with Crippen molar-refractivity contribution in [3.8, 4) is 0 Å². The fourth-order valence-electron chi connectivity index (χ4n) is 3.45. The molecular weight excluding hydrogens is 464 g/mol. The Hall–Kier alpha value is -3.37. The second kappa shape index (κ2) is 10.5. The molecule has 0 saturated carbocycles. The van der Waals surface area contributed by atoms with Gasteiger partial charge in [-0.05, 0) is 49.2 Å². The fourth-order valence-corrected chi connectivity index (χ4v) is 4.29. The lowest BCUT2D eigenvalue weighted by atomic mass is 9.97. The molecule has 3 aromatic rings. The summed E-state index contributed by atoms with van der Waals surface area (Å²) >= 11 is 6.77. The van der Waals surface area contributed by atoms with Crippen molar-refractivity contribution in [3.05, 3.63) is 69.4 Å². The number of carbonyl (C=O) groups excluding carboxylic acids is 3. The van der Waals surface area contributed by atoms with Crippen LogP contribution < -0.4 is 10.6 Å². The summed E-state index contributed by atoms with van der Waals surface area (Å²) in [6, 6.07) is 12.2. The molecule has 0 bridgehead atoms. The number of halogens is 1. The van der Waals surface area contributed by atoms with Gasteiger partial charge >= 0.3 is 0 Å². The first-order chi connectivity index (χ1) is 16.0. The molecule has 3 heterocycles. The minimum absolute atomic E-state index is 0.0787. The summed E-state index contributed by atoms with van der Waals surface area (Å²) < 4.78 is 0. The highest BCUT2D eigenvalue weighted by Gasteiger charge is 2.30. The van der Waals surface area contributed by atoms with Crippen molar-refractivity contribution in [1.29, 1.82) is 0 Å². The van der Waals surface area contributed by atoms with Gasteiger partial charge in [-0.25, -0.2) is 0 Å². The lowest BCUT2D eigenvalue weighted by molar-refractivity contribution is -0.126. The quantitative estimate of drug-likeness (QED) is 0.555. The molecule has 1 atom stereocenters. The molecule has 1 aliphatic rings. The second-order valence-electron chi connectivity index (χ2n) is 7.50. The maximum atomic E-state index is 12.9. The van der Waals surface area contributed by atoms with Crippen LogP contribution in [0.4, 0.5) is 5.69 Å². The third kappa shape index (κ3) is 5.91. The summed E-state index contributed by atoms with van der Waals surface area (Å²) in [6.45, 7) is 1.15. The Balaban J connectivity index is 1.33. The minimum atomic E-state index is -0.459. The van der Waals surface area contributed by atoms with E-state index in [9.17, 15) is 14.4 Å². The van der Waals surface area contributed by atoms with E-state index in [-0.39, 0.29) is 27.7 Å². The molecule has 1 aliphatic heterocycles. The summed E-state index contributed by atoms with van der Waals surface area (Å²) in [5.41, 5.74) is 1.33. The number of amides is 3. The van der Waals surface area contributed by atoms with E-state index >= 15 is 0 Å². The number of benzene rings is 1. The normalized spacial score (nSPS) is 15.7. The summed E-state index contributed by atoms with van der Waals surface area (Å²) in [6.07, 6.45) is 3.08. The van der Waals surface area contributed by atoms with Crippen LogP contribution >= 0.6 is 22.9 Å². The monoisotopic (exact) mass is 484 g/mol. The van der Waals surface area contributed by atoms with Gasteiger partial charge in [0.2, 0.25) is 15.9 Å². The average Bonchev–Trinajstić information content (AvgIpc) is 3.35. The van der Waals surface area contributed by atoms with E-state index in [2.05, 4.69) is 25.8 Å². The number of carbonyl (C=O) groups is 3. The SMILES string of the molecule is O=C(Nc1ccc(Cl)cc1)c1nnc(C(=O)N2CCC[C@H](C(=O)NCc3ccccn3)C2)s1. The van der Waals surface area contributed by atoms with E-state index in [1.165, 1.54) is 0 Å². The van der Waals surface area contributed by atoms with Gasteiger partial charge in [0.05, 0.1) is 18.2 Å². The van der Waals surface area contributed by atoms with Gasteiger partial charge in [0.15, 0.2) is 0 Å². The summed E-state index contributed by atoms with van der Waals surface area (Å²) in [4.78, 5) is 43.7. The van der Waals surface area contributed by atoms with Gasteiger partial charge in [0.1, 0.15) is 0 Å². The third-order valence-corrected chi connectivity index (χ3v) is 6.32. The molecule has 9 nitrogen and oxygen atoms in total. The van der Waals surface area contributed by atoms with Crippen LogP contribution in [0.3, 0.4) is 0 Å². The minimum Gasteiger partial charge on any atom is -0.350 e. The van der Waals surface area contributed by atoms with Gasteiger partial charge in [0, 0.05) is 30.0 Å². The number of pyridine rings is 1. The van der Waals surface area contributed by atoms with Gasteiger partial charge in [-0.2, -0.15) is 0 Å². The van der Waals surface area contributed by atoms with Crippen molar-refractivity contribution in [2.45, 2.75) is 19.4 Å². The Labute approximate surface area is 199 Å². The maximum absolute atomic E-state index is 12.9. The third-order valence-electron chi connectivity index (χ3n) is 5.15. The van der Waals surface area contributed by atoms with Crippen LogP contribution in [-0.2, 0) is 11.3 Å². The lowest BCUT2D eigenvalue weighted by Crippen LogP contribution is -2.45. The number of hydrogen-bond donors (Lipinski definition) is 2. The molecule has 4 rings (SSSR count). The molecule has 0 unspecified atom stereocenters. The molecular formula is C22H21ClN6O3S. The molecule has 33 heavy (non-hydrogen) atoms. The first-order valence-electron chi connectivity index (χ1n) is 10.4. The number of likely N-dealkylation sites (tertiary alicyclic amines) is 1. The Bertz CT molecular complexity index is 1140. The number of hydrogen-bond acceptors (Lipinski definition) is 7. The number of aromatic nitrogens is 3. The lowest BCUT2D eigenvalue weighted by Gasteiger charge is -2.31. The van der Waals surface area contributed by atoms with Gasteiger partial charge < -0.3 is 15.5 Å². The zero-order valence-electron chi connectivity index (χ0n) is 17.5. The van der Waals surface area contributed by atoms with Crippen LogP contribution in [0.1, 0.15) is 38.1 Å². The van der Waals surface area contributed by atoms with Crippen LogP contribution in [0.25, 0.3) is 0 Å². The molecule has 0 aliphatic carbocycles. The van der Waals surface area contributed by atoms with E-state index in [4.69, 9.17) is 11.6 Å². The van der Waals surface area contributed by atoms with E-state index in [1.807, 2.05) is 18.2 Å². The van der Waals surface area contributed by atoms with Crippen molar-refractivity contribution in [2.75, 3.05) is 18.4 Å². The van der Waals surface area contributed by atoms with Crippen molar-refractivity contribution >= 4 is 46.3 Å². The van der Waals surface area contributed by atoms with Crippen molar-refractivity contribution < 1.29 is 14.4 Å². The zero-order valence-corrected chi connectivity index (χ0v) is 19.1. The molecule has 2 N–H and O–H groups in total. The molecule has 1 fully saturated rings. The highest BCUT2D eigenvalue weighted by atomic mass is 35.5. The fraction of sp³-hybridized carbons (Fsp3) is 0.273. The summed E-state index contributed by atoms with van der Waals surface area (Å²) in [5.74, 6) is -1.22. The summed E-state index contributed by atoms with van der Waals surface area (Å²) in [5, 5.41) is 14.1. The van der Waals surface area contributed by atoms with Gasteiger partial charge in [0.25, 0.3) is 11.8 Å². The van der Waals surface area contributed by atoms with Gasteiger partial charge in [-0.3, -0.25) is 19.4 Å². The van der Waals surface area contributed by atoms with Gasteiger partial charge in [-0.1, -0.05) is 29.0 Å². The van der Waals surface area contributed by atoms with Crippen LogP contribution in [-0.4, -0.2) is 50.9 Å². The Morgan fingerprint density at radius 1 is 1.09 bits per heavy atom. The van der Waals surface area contributed by atoms with Crippen molar-refractivity contribution in [3.63, 3.8) is 0 Å². The number of rotatable bonds is 6. The van der Waals surface area contributed by atoms with E-state index in [0.717, 1.165) is 17.0 Å². The second-order valence-corrected chi connectivity index (χ2v) is 8.92. The van der Waals surface area contributed by atoms with Crippen LogP contribution in [0.15, 0.2) is 48.7 Å². The molecule has 1 saturated heterocycles. The topological polar surface area (TPSA) is 117 Å². The molecule has 0 radical (unpaired) electrons. The Morgan fingerprint density at radius 2 is 1.88 bits per heavy atom. The van der Waals surface area contributed by atoms with Gasteiger partial charge in [-0.15, -0.1) is 10.2 Å². The smallest absolute Gasteiger partial charge is 0.286 e. The molecule has 0 spiro atoms. The maximum Gasteiger partial charge on any atom is 0.286 e. The Morgan fingerprint density at radius 3 is 2.64 bits per heavy atom.